The van der Waals surface area contributed by atoms with Gasteiger partial charge in [0.05, 0.1) is 7.11 Å². The summed E-state index contributed by atoms with van der Waals surface area (Å²) >= 11 is 5.75. The van der Waals surface area contributed by atoms with Crippen molar-refractivity contribution < 1.29 is 13.7 Å². The third-order valence-electron chi connectivity index (χ3n) is 1.95. The Morgan fingerprint density at radius 2 is 1.83 bits per heavy atom. The minimum Gasteiger partial charge on any atom is -0.465 e. The zero-order chi connectivity index (χ0) is 13.7. The van der Waals surface area contributed by atoms with E-state index in [9.17, 15) is 9.00 Å². The van der Waals surface area contributed by atoms with Crippen molar-refractivity contribution in [2.45, 2.75) is 18.7 Å². The molecule has 96 valence electrons. The first-order valence-electron chi connectivity index (χ1n) is 5.15. The van der Waals surface area contributed by atoms with Crippen molar-refractivity contribution in [1.82, 2.24) is 0 Å². The molecule has 0 heterocycles. The molecular formula is C13H13ClO3S. The van der Waals surface area contributed by atoms with Crippen LogP contribution in [0.15, 0.2) is 45.4 Å². The second-order valence-corrected chi connectivity index (χ2v) is 5.52. The van der Waals surface area contributed by atoms with E-state index < -0.39 is 16.8 Å². The Hall–Kier alpha value is -1.35. The van der Waals surface area contributed by atoms with E-state index >= 15 is 0 Å². The van der Waals surface area contributed by atoms with Crippen LogP contribution < -0.4 is 0 Å². The second-order valence-electron chi connectivity index (χ2n) is 3.67. The van der Waals surface area contributed by atoms with Gasteiger partial charge in [0.1, 0.15) is 10.8 Å². The smallest absolute Gasteiger partial charge is 0.355 e. The molecule has 3 nitrogen and oxygen atoms in total. The van der Waals surface area contributed by atoms with Gasteiger partial charge in [-0.3, -0.25) is 0 Å². The lowest BCUT2D eigenvalue weighted by Gasteiger charge is -2.03. The zero-order valence-corrected chi connectivity index (χ0v) is 11.9. The van der Waals surface area contributed by atoms with E-state index in [0.29, 0.717) is 9.92 Å². The van der Waals surface area contributed by atoms with E-state index in [1.54, 1.807) is 38.1 Å². The molecule has 0 aromatic heterocycles. The van der Waals surface area contributed by atoms with Crippen LogP contribution in [0.25, 0.3) is 0 Å². The summed E-state index contributed by atoms with van der Waals surface area (Å²) < 4.78 is 16.9. The Kier molecular flexibility index (Phi) is 5.35. The summed E-state index contributed by atoms with van der Waals surface area (Å²) in [6.07, 6.45) is 0. The molecule has 0 spiro atoms. The number of rotatable bonds is 3. The van der Waals surface area contributed by atoms with Crippen molar-refractivity contribution in [3.8, 4) is 0 Å². The van der Waals surface area contributed by atoms with Gasteiger partial charge >= 0.3 is 5.97 Å². The molecular weight excluding hydrogens is 272 g/mol. The molecule has 1 aromatic carbocycles. The average molecular weight is 285 g/mol. The highest BCUT2D eigenvalue weighted by atomic mass is 35.5. The molecule has 0 radical (unpaired) electrons. The lowest BCUT2D eigenvalue weighted by atomic mass is 10.3. The molecule has 0 aliphatic carbocycles. The number of ether oxygens (including phenoxy) is 1. The van der Waals surface area contributed by atoms with Gasteiger partial charge in [-0.25, -0.2) is 9.00 Å². The maximum absolute atomic E-state index is 12.2. The van der Waals surface area contributed by atoms with Crippen molar-refractivity contribution in [1.29, 1.82) is 0 Å². The predicted molar refractivity (Wildman–Crippen MR) is 71.8 cm³/mol. The number of hydrogen-bond acceptors (Lipinski definition) is 3. The molecule has 0 N–H and O–H groups in total. The number of carbonyl (C=O) groups is 1. The van der Waals surface area contributed by atoms with E-state index in [0.717, 1.165) is 5.57 Å². The van der Waals surface area contributed by atoms with E-state index in [1.165, 1.54) is 7.11 Å². The van der Waals surface area contributed by atoms with Gasteiger partial charge in [0.15, 0.2) is 4.91 Å². The van der Waals surface area contributed by atoms with Gasteiger partial charge in [0.25, 0.3) is 0 Å². The monoisotopic (exact) mass is 284 g/mol. The molecule has 1 aromatic rings. The number of esters is 1. The quantitative estimate of drug-likeness (QED) is 0.487. The molecule has 1 atom stereocenters. The minimum absolute atomic E-state index is 0.000164. The largest absolute Gasteiger partial charge is 0.465 e. The van der Waals surface area contributed by atoms with Gasteiger partial charge in [-0.2, -0.15) is 0 Å². The van der Waals surface area contributed by atoms with Crippen LogP contribution in [-0.4, -0.2) is 17.3 Å². The van der Waals surface area contributed by atoms with Crippen LogP contribution in [0, 0.1) is 0 Å². The Labute approximate surface area is 114 Å². The number of carbonyl (C=O) groups excluding carboxylic acids is 1. The van der Waals surface area contributed by atoms with Crippen molar-refractivity contribution in [2.75, 3.05) is 7.11 Å². The summed E-state index contributed by atoms with van der Waals surface area (Å²) in [6.45, 7) is 3.53. The standard InChI is InChI=1S/C13H13ClO3S/c1-9(2)8-12(13(15)17-3)18(16)11-6-4-10(14)5-7-11/h4-7H,1-3H3. The molecule has 0 aliphatic rings. The van der Waals surface area contributed by atoms with E-state index in [2.05, 4.69) is 10.5 Å². The van der Waals surface area contributed by atoms with Gasteiger partial charge < -0.3 is 4.74 Å². The Balaban J connectivity index is 3.24. The number of benzene rings is 1. The van der Waals surface area contributed by atoms with Gasteiger partial charge in [0.2, 0.25) is 0 Å². The van der Waals surface area contributed by atoms with E-state index in [4.69, 9.17) is 11.6 Å². The first-order chi connectivity index (χ1) is 8.45. The summed E-state index contributed by atoms with van der Waals surface area (Å²) in [5, 5.41) is 0.543. The van der Waals surface area contributed by atoms with Crippen LogP contribution in [0.1, 0.15) is 13.8 Å². The van der Waals surface area contributed by atoms with Crippen molar-refractivity contribution in [2.24, 2.45) is 0 Å². The molecule has 0 saturated carbocycles. The second kappa shape index (κ2) is 6.55. The molecule has 0 saturated heterocycles. The first kappa shape index (κ1) is 14.7. The molecule has 1 unspecified atom stereocenters. The summed E-state index contributed by atoms with van der Waals surface area (Å²) in [4.78, 5) is 12.1. The van der Waals surface area contributed by atoms with E-state index in [1.807, 2.05) is 0 Å². The fraction of sp³-hybridized carbons (Fsp3) is 0.231. The Bertz CT molecular complexity index is 536. The lowest BCUT2D eigenvalue weighted by Crippen LogP contribution is -2.09. The van der Waals surface area contributed by atoms with Crippen LogP contribution in [-0.2, 0) is 20.3 Å². The van der Waals surface area contributed by atoms with Crippen LogP contribution in [0.5, 0.6) is 0 Å². The normalized spacial score (nSPS) is 11.3. The minimum atomic E-state index is -1.63. The number of halogens is 1. The third-order valence-corrected chi connectivity index (χ3v) is 3.54. The average Bonchev–Trinajstić information content (AvgIpc) is 2.35. The molecule has 0 amide bonds. The van der Waals surface area contributed by atoms with Gasteiger partial charge in [-0.05, 0) is 43.7 Å². The molecule has 0 aliphatic heterocycles. The van der Waals surface area contributed by atoms with Crippen molar-refractivity contribution in [3.63, 3.8) is 0 Å². The molecule has 0 fully saturated rings. The Morgan fingerprint density at radius 1 is 1.28 bits per heavy atom. The molecule has 5 heteroatoms. The Morgan fingerprint density at radius 3 is 2.28 bits per heavy atom. The van der Waals surface area contributed by atoms with Gasteiger partial charge in [-0.15, -0.1) is 0 Å². The van der Waals surface area contributed by atoms with Crippen molar-refractivity contribution >= 4 is 28.4 Å². The highest BCUT2D eigenvalue weighted by Gasteiger charge is 2.18. The summed E-state index contributed by atoms with van der Waals surface area (Å²) in [5.41, 5.74) is 3.52. The summed E-state index contributed by atoms with van der Waals surface area (Å²) in [7, 11) is -0.384. The number of methoxy groups -OCH3 is 1. The third kappa shape index (κ3) is 3.84. The fourth-order valence-electron chi connectivity index (χ4n) is 1.17. The molecule has 1 rings (SSSR count). The molecule has 0 bridgehead atoms. The lowest BCUT2D eigenvalue weighted by molar-refractivity contribution is -0.135. The van der Waals surface area contributed by atoms with Crippen LogP contribution in [0.3, 0.4) is 0 Å². The zero-order valence-electron chi connectivity index (χ0n) is 10.3. The molecule has 18 heavy (non-hydrogen) atoms. The van der Waals surface area contributed by atoms with Crippen LogP contribution in [0.4, 0.5) is 0 Å². The topological polar surface area (TPSA) is 43.4 Å². The van der Waals surface area contributed by atoms with Crippen LogP contribution >= 0.6 is 11.6 Å². The van der Waals surface area contributed by atoms with Gasteiger partial charge in [0, 0.05) is 9.92 Å². The first-order valence-corrected chi connectivity index (χ1v) is 6.68. The summed E-state index contributed by atoms with van der Waals surface area (Å²) in [6, 6.07) is 6.44. The van der Waals surface area contributed by atoms with E-state index in [-0.39, 0.29) is 4.91 Å². The summed E-state index contributed by atoms with van der Waals surface area (Å²) in [5.74, 6) is -0.649. The maximum Gasteiger partial charge on any atom is 0.355 e. The predicted octanol–water partition coefficient (Wildman–Crippen LogP) is 3.07. The SMILES string of the molecule is COC(=O)C(=C=C(C)C)S(=O)c1ccc(Cl)cc1. The highest BCUT2D eigenvalue weighted by molar-refractivity contribution is 7.90. The van der Waals surface area contributed by atoms with Crippen molar-refractivity contribution in [3.05, 3.63) is 45.5 Å². The van der Waals surface area contributed by atoms with Gasteiger partial charge in [-0.1, -0.05) is 17.3 Å². The highest BCUT2D eigenvalue weighted by Crippen LogP contribution is 2.18. The maximum atomic E-state index is 12.2. The fourth-order valence-corrected chi connectivity index (χ4v) is 2.45. The number of hydrogen-bond donors (Lipinski definition) is 0. The van der Waals surface area contributed by atoms with Crippen LogP contribution in [0.2, 0.25) is 5.02 Å².